The van der Waals surface area contributed by atoms with Gasteiger partial charge in [0.15, 0.2) is 0 Å². The van der Waals surface area contributed by atoms with Gasteiger partial charge in [-0.2, -0.15) is 0 Å². The van der Waals surface area contributed by atoms with Gasteiger partial charge in [-0.25, -0.2) is 0 Å². The summed E-state index contributed by atoms with van der Waals surface area (Å²) in [6.07, 6.45) is 8.75. The molecule has 1 atom stereocenters. The Morgan fingerprint density at radius 1 is 1.18 bits per heavy atom. The molecule has 4 nitrogen and oxygen atoms in total. The molecule has 0 amide bonds. The number of nitrogens with zero attached hydrogens (tertiary/aromatic N) is 1. The summed E-state index contributed by atoms with van der Waals surface area (Å²) in [5.41, 5.74) is 0.164. The zero-order valence-corrected chi connectivity index (χ0v) is 13.6. The monoisotopic (exact) mass is 299 g/mol. The summed E-state index contributed by atoms with van der Waals surface area (Å²) in [7, 11) is -0.288. The van der Waals surface area contributed by atoms with E-state index in [4.69, 9.17) is 9.31 Å². The van der Waals surface area contributed by atoms with Crippen molar-refractivity contribution < 1.29 is 9.31 Å². The molecule has 1 aromatic heterocycles. The smallest absolute Gasteiger partial charge is 0.403 e. The second-order valence-electron chi connectivity index (χ2n) is 6.93. The molecule has 0 bridgehead atoms. The minimum atomic E-state index is -0.337. The molecular weight excluding hydrogens is 277 g/mol. The molecule has 2 aliphatic rings. The molecule has 1 aliphatic carbocycles. The van der Waals surface area contributed by atoms with Crippen LogP contribution in [0.1, 0.15) is 34.1 Å². The topological polar surface area (TPSA) is 40.5 Å². The minimum absolute atomic E-state index is 0.0343. The summed E-state index contributed by atoms with van der Waals surface area (Å²) in [5.74, 6) is 0.105. The van der Waals surface area contributed by atoms with Gasteiger partial charge in [-0.3, -0.25) is 9.36 Å². The molecule has 22 heavy (non-hydrogen) atoms. The number of aromatic nitrogens is 1. The normalized spacial score (nSPS) is 26.1. The molecule has 2 heterocycles. The third-order valence-corrected chi connectivity index (χ3v) is 4.80. The Bertz CT molecular complexity index is 671. The van der Waals surface area contributed by atoms with Crippen molar-refractivity contribution in [2.45, 2.75) is 51.1 Å². The first-order chi connectivity index (χ1) is 10.3. The quantitative estimate of drug-likeness (QED) is 0.788. The molecule has 0 aromatic carbocycles. The Balaban J connectivity index is 1.87. The molecule has 1 aromatic rings. The van der Waals surface area contributed by atoms with E-state index in [9.17, 15) is 4.79 Å². The van der Waals surface area contributed by atoms with Gasteiger partial charge in [0.25, 0.3) is 5.56 Å². The zero-order valence-electron chi connectivity index (χ0n) is 13.6. The SMILES string of the molecule is CC1(C)OB(C2C=C(n3ccccc3=O)C=CC2)OC1(C)C. The van der Waals surface area contributed by atoms with Crippen LogP contribution in [0.25, 0.3) is 5.70 Å². The zero-order chi connectivity index (χ0) is 16.0. The molecular formula is C17H22BNO3. The predicted molar refractivity (Wildman–Crippen MR) is 88.6 cm³/mol. The summed E-state index contributed by atoms with van der Waals surface area (Å²) in [4.78, 5) is 12.0. The van der Waals surface area contributed by atoms with Crippen LogP contribution >= 0.6 is 0 Å². The molecule has 0 N–H and O–H groups in total. The first-order valence-corrected chi connectivity index (χ1v) is 7.72. The van der Waals surface area contributed by atoms with E-state index < -0.39 is 0 Å². The number of rotatable bonds is 2. The fourth-order valence-electron chi connectivity index (χ4n) is 2.74. The maximum absolute atomic E-state index is 12.0. The summed E-state index contributed by atoms with van der Waals surface area (Å²) < 4.78 is 13.9. The standard InChI is InChI=1S/C17H22BNO3/c1-16(2)17(3,4)22-18(21-16)13-8-7-9-14(12-13)19-11-6-5-10-15(19)20/h5-7,9-13H,8H2,1-4H3. The van der Waals surface area contributed by atoms with E-state index in [0.29, 0.717) is 0 Å². The van der Waals surface area contributed by atoms with Crippen molar-refractivity contribution in [1.29, 1.82) is 0 Å². The van der Waals surface area contributed by atoms with Gasteiger partial charge in [0, 0.05) is 23.8 Å². The van der Waals surface area contributed by atoms with Gasteiger partial charge in [-0.05, 0) is 46.3 Å². The van der Waals surface area contributed by atoms with E-state index in [-0.39, 0.29) is 29.7 Å². The molecule has 1 aliphatic heterocycles. The lowest BCUT2D eigenvalue weighted by atomic mass is 9.68. The molecule has 0 radical (unpaired) electrons. The van der Waals surface area contributed by atoms with Crippen molar-refractivity contribution in [2.75, 3.05) is 0 Å². The molecule has 116 valence electrons. The van der Waals surface area contributed by atoms with Crippen LogP contribution in [0.5, 0.6) is 0 Å². The van der Waals surface area contributed by atoms with Gasteiger partial charge in [0.05, 0.1) is 11.2 Å². The fourth-order valence-corrected chi connectivity index (χ4v) is 2.74. The van der Waals surface area contributed by atoms with Gasteiger partial charge in [-0.1, -0.05) is 18.2 Å². The summed E-state index contributed by atoms with van der Waals surface area (Å²) in [6.45, 7) is 8.21. The Hall–Kier alpha value is -1.59. The highest BCUT2D eigenvalue weighted by molar-refractivity contribution is 6.48. The lowest BCUT2D eigenvalue weighted by Crippen LogP contribution is -2.41. The van der Waals surface area contributed by atoms with Crippen LogP contribution in [0.15, 0.2) is 47.4 Å². The molecule has 1 fully saturated rings. The third kappa shape index (κ3) is 2.59. The Kier molecular flexibility index (Phi) is 3.65. The average Bonchev–Trinajstić information content (AvgIpc) is 2.68. The molecule has 5 heteroatoms. The van der Waals surface area contributed by atoms with Crippen molar-refractivity contribution in [1.82, 2.24) is 4.57 Å². The number of hydrogen-bond donors (Lipinski definition) is 0. The van der Waals surface area contributed by atoms with Crippen molar-refractivity contribution in [2.24, 2.45) is 0 Å². The van der Waals surface area contributed by atoms with Crippen molar-refractivity contribution in [3.05, 3.63) is 53.0 Å². The highest BCUT2D eigenvalue weighted by Gasteiger charge is 2.53. The Labute approximate surface area is 131 Å². The van der Waals surface area contributed by atoms with Gasteiger partial charge in [-0.15, -0.1) is 0 Å². The summed E-state index contributed by atoms with van der Waals surface area (Å²) in [6, 6.07) is 5.17. The molecule has 3 rings (SSSR count). The lowest BCUT2D eigenvalue weighted by molar-refractivity contribution is 0.00578. The van der Waals surface area contributed by atoms with Crippen LogP contribution < -0.4 is 5.56 Å². The second-order valence-corrected chi connectivity index (χ2v) is 6.93. The van der Waals surface area contributed by atoms with Crippen LogP contribution in [-0.2, 0) is 9.31 Å². The summed E-state index contributed by atoms with van der Waals surface area (Å²) >= 11 is 0. The molecule has 1 unspecified atom stereocenters. The van der Waals surface area contributed by atoms with Gasteiger partial charge in [0.2, 0.25) is 0 Å². The van der Waals surface area contributed by atoms with E-state index in [2.05, 4.69) is 39.8 Å². The van der Waals surface area contributed by atoms with Gasteiger partial charge < -0.3 is 9.31 Å². The fraction of sp³-hybridized carbons (Fsp3) is 0.471. The maximum Gasteiger partial charge on any atom is 0.465 e. The molecule has 0 spiro atoms. The van der Waals surface area contributed by atoms with E-state index in [0.717, 1.165) is 12.1 Å². The first kappa shape index (κ1) is 15.3. The van der Waals surface area contributed by atoms with Crippen LogP contribution in [0.2, 0.25) is 5.82 Å². The lowest BCUT2D eigenvalue weighted by Gasteiger charge is -2.32. The van der Waals surface area contributed by atoms with Crippen LogP contribution in [0.3, 0.4) is 0 Å². The Morgan fingerprint density at radius 2 is 1.86 bits per heavy atom. The third-order valence-electron chi connectivity index (χ3n) is 4.80. The van der Waals surface area contributed by atoms with E-state index >= 15 is 0 Å². The van der Waals surface area contributed by atoms with Crippen molar-refractivity contribution in [3.63, 3.8) is 0 Å². The minimum Gasteiger partial charge on any atom is -0.403 e. The molecule has 1 saturated heterocycles. The van der Waals surface area contributed by atoms with Crippen molar-refractivity contribution >= 4 is 12.8 Å². The van der Waals surface area contributed by atoms with Crippen LogP contribution in [0, 0.1) is 0 Å². The first-order valence-electron chi connectivity index (χ1n) is 7.72. The second kappa shape index (κ2) is 5.25. The number of allylic oxidation sites excluding steroid dienone is 4. The highest BCUT2D eigenvalue weighted by Crippen LogP contribution is 2.42. The maximum atomic E-state index is 12.0. The Morgan fingerprint density at radius 3 is 2.50 bits per heavy atom. The molecule has 0 saturated carbocycles. The average molecular weight is 299 g/mol. The van der Waals surface area contributed by atoms with Crippen molar-refractivity contribution in [3.8, 4) is 0 Å². The number of hydrogen-bond acceptors (Lipinski definition) is 3. The van der Waals surface area contributed by atoms with Gasteiger partial charge >= 0.3 is 7.12 Å². The van der Waals surface area contributed by atoms with Gasteiger partial charge in [0.1, 0.15) is 0 Å². The summed E-state index contributed by atoms with van der Waals surface area (Å²) in [5, 5.41) is 0. The van der Waals surface area contributed by atoms with E-state index in [1.165, 1.54) is 0 Å². The highest BCUT2D eigenvalue weighted by atomic mass is 16.7. The van der Waals surface area contributed by atoms with Crippen LogP contribution in [-0.4, -0.2) is 22.9 Å². The largest absolute Gasteiger partial charge is 0.465 e. The van der Waals surface area contributed by atoms with Crippen LogP contribution in [0.4, 0.5) is 0 Å². The van der Waals surface area contributed by atoms with E-state index in [1.54, 1.807) is 22.9 Å². The van der Waals surface area contributed by atoms with E-state index in [1.807, 2.05) is 12.1 Å². The number of pyridine rings is 1. The predicted octanol–water partition coefficient (Wildman–Crippen LogP) is 3.11.